The van der Waals surface area contributed by atoms with Gasteiger partial charge in [0.2, 0.25) is 0 Å². The van der Waals surface area contributed by atoms with Crippen molar-refractivity contribution in [2.75, 3.05) is 5.75 Å². The summed E-state index contributed by atoms with van der Waals surface area (Å²) in [6.07, 6.45) is 3.49. The van der Waals surface area contributed by atoms with Crippen molar-refractivity contribution >= 4 is 27.7 Å². The minimum atomic E-state index is 0.616. The van der Waals surface area contributed by atoms with Crippen molar-refractivity contribution in [3.8, 4) is 17.5 Å². The summed E-state index contributed by atoms with van der Waals surface area (Å²) in [4.78, 5) is 0. The topological polar surface area (TPSA) is 54.5 Å². The van der Waals surface area contributed by atoms with Gasteiger partial charge in [-0.2, -0.15) is 5.26 Å². The monoisotopic (exact) mass is 440 g/mol. The van der Waals surface area contributed by atoms with Gasteiger partial charge in [0, 0.05) is 28.8 Å². The number of nitriles is 1. The van der Waals surface area contributed by atoms with E-state index in [9.17, 15) is 0 Å². The summed E-state index contributed by atoms with van der Waals surface area (Å²) in [6, 6.07) is 20.9. The van der Waals surface area contributed by atoms with E-state index in [0.29, 0.717) is 6.42 Å². The maximum Gasteiger partial charge on any atom is 0.191 e. The highest BCUT2D eigenvalue weighted by molar-refractivity contribution is 9.10. The predicted octanol–water partition coefficient (Wildman–Crippen LogP) is 5.74. The van der Waals surface area contributed by atoms with Crippen molar-refractivity contribution in [2.45, 2.75) is 37.4 Å². The Balaban J connectivity index is 1.77. The summed E-state index contributed by atoms with van der Waals surface area (Å²) in [6.45, 7) is 0.836. The Labute approximate surface area is 172 Å². The number of aryl methyl sites for hydroxylation is 1. The lowest BCUT2D eigenvalue weighted by atomic mass is 10.1. The Bertz CT molecular complexity index is 885. The predicted molar refractivity (Wildman–Crippen MR) is 113 cm³/mol. The highest BCUT2D eigenvalue weighted by atomic mass is 79.9. The lowest BCUT2D eigenvalue weighted by Gasteiger charge is -2.10. The van der Waals surface area contributed by atoms with E-state index in [1.807, 2.05) is 18.2 Å². The summed E-state index contributed by atoms with van der Waals surface area (Å²) in [5.74, 6) is 1.85. The van der Waals surface area contributed by atoms with Crippen LogP contribution in [0.4, 0.5) is 0 Å². The summed E-state index contributed by atoms with van der Waals surface area (Å²) in [5, 5.41) is 18.5. The fourth-order valence-electron chi connectivity index (χ4n) is 2.76. The van der Waals surface area contributed by atoms with E-state index < -0.39 is 0 Å². The highest BCUT2D eigenvalue weighted by Gasteiger charge is 2.14. The third-order valence-corrected chi connectivity index (χ3v) is 5.78. The van der Waals surface area contributed by atoms with E-state index >= 15 is 0 Å². The average molecular weight is 441 g/mol. The van der Waals surface area contributed by atoms with Crippen molar-refractivity contribution in [1.82, 2.24) is 14.8 Å². The molecule has 0 radical (unpaired) electrons. The van der Waals surface area contributed by atoms with Crippen molar-refractivity contribution < 1.29 is 0 Å². The molecule has 0 fully saturated rings. The Morgan fingerprint density at radius 2 is 1.78 bits per heavy atom. The molecule has 1 aromatic heterocycles. The van der Waals surface area contributed by atoms with Crippen LogP contribution in [0.2, 0.25) is 0 Å². The molecular formula is C21H21BrN4S. The summed E-state index contributed by atoms with van der Waals surface area (Å²) in [5.41, 5.74) is 2.37. The number of hydrogen-bond acceptors (Lipinski definition) is 4. The molecule has 0 aliphatic heterocycles. The van der Waals surface area contributed by atoms with Crippen molar-refractivity contribution in [2.24, 2.45) is 0 Å². The SMILES string of the molecule is N#CCCCCSc1nnc(-c2ccc(Br)cc2)n1CCc1ccccc1. The molecule has 0 aliphatic rings. The van der Waals surface area contributed by atoms with Crippen LogP contribution >= 0.6 is 27.7 Å². The number of aromatic nitrogens is 3. The van der Waals surface area contributed by atoms with Crippen LogP contribution in [0.5, 0.6) is 0 Å². The zero-order valence-corrected chi connectivity index (χ0v) is 17.4. The van der Waals surface area contributed by atoms with E-state index in [1.54, 1.807) is 11.8 Å². The molecule has 27 heavy (non-hydrogen) atoms. The van der Waals surface area contributed by atoms with Crippen LogP contribution in [0.3, 0.4) is 0 Å². The van der Waals surface area contributed by atoms with E-state index in [4.69, 9.17) is 5.26 Å². The minimum Gasteiger partial charge on any atom is -0.302 e. The molecule has 3 aromatic rings. The number of unbranched alkanes of at least 4 members (excludes halogenated alkanes) is 2. The first-order valence-corrected chi connectivity index (χ1v) is 10.8. The highest BCUT2D eigenvalue weighted by Crippen LogP contribution is 2.26. The molecule has 0 aliphatic carbocycles. The van der Waals surface area contributed by atoms with Crippen LogP contribution in [0.25, 0.3) is 11.4 Å². The van der Waals surface area contributed by atoms with E-state index in [2.05, 4.69) is 73.2 Å². The second-order valence-electron chi connectivity index (χ2n) is 6.16. The lowest BCUT2D eigenvalue weighted by Crippen LogP contribution is -2.05. The first-order valence-electron chi connectivity index (χ1n) is 9.01. The van der Waals surface area contributed by atoms with Crippen LogP contribution < -0.4 is 0 Å². The normalized spacial score (nSPS) is 10.7. The molecule has 138 valence electrons. The van der Waals surface area contributed by atoms with Crippen LogP contribution in [0.15, 0.2) is 64.2 Å². The van der Waals surface area contributed by atoms with Crippen LogP contribution in [0, 0.1) is 11.3 Å². The minimum absolute atomic E-state index is 0.616. The zero-order chi connectivity index (χ0) is 18.9. The third kappa shape index (κ3) is 5.69. The molecule has 0 N–H and O–H groups in total. The fourth-order valence-corrected chi connectivity index (χ4v) is 3.99. The molecule has 0 atom stereocenters. The molecular weight excluding hydrogens is 420 g/mol. The van der Waals surface area contributed by atoms with Crippen LogP contribution in [-0.2, 0) is 13.0 Å². The largest absolute Gasteiger partial charge is 0.302 e. The number of benzene rings is 2. The molecule has 3 rings (SSSR count). The fraction of sp³-hybridized carbons (Fsp3) is 0.286. The lowest BCUT2D eigenvalue weighted by molar-refractivity contribution is 0.639. The summed E-state index contributed by atoms with van der Waals surface area (Å²) >= 11 is 5.21. The number of halogens is 1. The molecule has 0 saturated carbocycles. The van der Waals surface area contributed by atoms with E-state index in [-0.39, 0.29) is 0 Å². The van der Waals surface area contributed by atoms with Gasteiger partial charge in [-0.15, -0.1) is 10.2 Å². The smallest absolute Gasteiger partial charge is 0.191 e. The van der Waals surface area contributed by atoms with Gasteiger partial charge >= 0.3 is 0 Å². The molecule has 0 bridgehead atoms. The molecule has 2 aromatic carbocycles. The number of rotatable bonds is 9. The standard InChI is InChI=1S/C21H21BrN4S/c22-19-11-9-18(10-12-19)20-24-25-21(27-16-6-2-5-14-23)26(20)15-13-17-7-3-1-4-8-17/h1,3-4,7-12H,2,5-6,13,15-16H2. The van der Waals surface area contributed by atoms with E-state index in [0.717, 1.165) is 52.6 Å². The van der Waals surface area contributed by atoms with Crippen molar-refractivity contribution in [3.63, 3.8) is 0 Å². The molecule has 6 heteroatoms. The maximum absolute atomic E-state index is 8.67. The summed E-state index contributed by atoms with van der Waals surface area (Å²) in [7, 11) is 0. The third-order valence-electron chi connectivity index (χ3n) is 4.20. The van der Waals surface area contributed by atoms with Gasteiger partial charge in [-0.1, -0.05) is 70.2 Å². The second kappa shape index (κ2) is 10.3. The molecule has 0 spiro atoms. The Morgan fingerprint density at radius 1 is 1.00 bits per heavy atom. The van der Waals surface area contributed by atoms with Gasteiger partial charge in [0.15, 0.2) is 11.0 Å². The Kier molecular flexibility index (Phi) is 7.49. The molecule has 0 saturated heterocycles. The Hall–Kier alpha value is -2.10. The van der Waals surface area contributed by atoms with Gasteiger partial charge in [-0.25, -0.2) is 0 Å². The number of hydrogen-bond donors (Lipinski definition) is 0. The summed E-state index contributed by atoms with van der Waals surface area (Å²) < 4.78 is 3.26. The van der Waals surface area contributed by atoms with Gasteiger partial charge < -0.3 is 4.57 Å². The molecule has 4 nitrogen and oxygen atoms in total. The van der Waals surface area contributed by atoms with Crippen molar-refractivity contribution in [1.29, 1.82) is 5.26 Å². The first kappa shape index (κ1) is 19.7. The van der Waals surface area contributed by atoms with Crippen LogP contribution in [0.1, 0.15) is 24.8 Å². The number of nitrogens with zero attached hydrogens (tertiary/aromatic N) is 4. The van der Waals surface area contributed by atoms with E-state index in [1.165, 1.54) is 5.56 Å². The quantitative estimate of drug-likeness (QED) is 0.314. The van der Waals surface area contributed by atoms with Gasteiger partial charge in [0.05, 0.1) is 6.07 Å². The van der Waals surface area contributed by atoms with Gasteiger partial charge in [0.1, 0.15) is 0 Å². The Morgan fingerprint density at radius 3 is 2.52 bits per heavy atom. The molecule has 1 heterocycles. The first-order chi connectivity index (χ1) is 13.3. The second-order valence-corrected chi connectivity index (χ2v) is 8.14. The van der Waals surface area contributed by atoms with Gasteiger partial charge in [0.25, 0.3) is 0 Å². The van der Waals surface area contributed by atoms with Crippen LogP contribution in [-0.4, -0.2) is 20.5 Å². The zero-order valence-electron chi connectivity index (χ0n) is 15.0. The number of thioether (sulfide) groups is 1. The van der Waals surface area contributed by atoms with Gasteiger partial charge in [-0.3, -0.25) is 0 Å². The average Bonchev–Trinajstić information content (AvgIpc) is 3.10. The van der Waals surface area contributed by atoms with Gasteiger partial charge in [-0.05, 0) is 37.0 Å². The molecule has 0 amide bonds. The molecule has 0 unspecified atom stereocenters. The van der Waals surface area contributed by atoms with Crippen molar-refractivity contribution in [3.05, 3.63) is 64.6 Å². The maximum atomic E-state index is 8.67.